The highest BCUT2D eigenvalue weighted by molar-refractivity contribution is 8.01. The summed E-state index contributed by atoms with van der Waals surface area (Å²) in [5.74, 6) is 0.791. The van der Waals surface area contributed by atoms with Gasteiger partial charge in [-0.15, -0.1) is 11.8 Å². The number of nitrogens with one attached hydrogen (secondary N) is 2. The molecule has 17 heavy (non-hydrogen) atoms. The van der Waals surface area contributed by atoms with E-state index in [1.165, 1.54) is 12.8 Å². The maximum Gasteiger partial charge on any atom is 0.230 e. The molecule has 0 saturated carbocycles. The molecule has 2 aliphatic rings. The monoisotopic (exact) mass is 256 g/mol. The van der Waals surface area contributed by atoms with Crippen LogP contribution >= 0.6 is 11.8 Å². The summed E-state index contributed by atoms with van der Waals surface area (Å²) in [7, 11) is 0. The van der Waals surface area contributed by atoms with Gasteiger partial charge < -0.3 is 10.6 Å². The molecule has 0 aromatic carbocycles. The largest absolute Gasteiger partial charge is 0.353 e. The summed E-state index contributed by atoms with van der Waals surface area (Å²) in [6.45, 7) is 6.45. The van der Waals surface area contributed by atoms with Gasteiger partial charge in [0.1, 0.15) is 0 Å². The maximum absolute atomic E-state index is 11.8. The third-order valence-corrected chi connectivity index (χ3v) is 4.75. The lowest BCUT2D eigenvalue weighted by Crippen LogP contribution is -2.48. The van der Waals surface area contributed by atoms with Gasteiger partial charge >= 0.3 is 0 Å². The molecule has 2 unspecified atom stereocenters. The number of rotatable bonds is 3. The molecular weight excluding hydrogens is 232 g/mol. The molecule has 0 aromatic heterocycles. The van der Waals surface area contributed by atoms with Gasteiger partial charge in [0.05, 0.1) is 5.75 Å². The summed E-state index contributed by atoms with van der Waals surface area (Å²) >= 11 is 1.72. The first kappa shape index (κ1) is 13.2. The Labute approximate surface area is 108 Å². The first-order valence-corrected chi connectivity index (χ1v) is 7.60. The van der Waals surface area contributed by atoms with Crippen molar-refractivity contribution in [3.63, 3.8) is 0 Å². The standard InChI is InChI=1S/C13H24N2OS/c1-13(2,3)17-8-12(16)15-11-6-9-4-5-10(7-11)14-9/h9-11,14H,4-8H2,1-3H3,(H,15,16). The number of carbonyl (C=O) groups is 1. The second-order valence-corrected chi connectivity index (χ2v) is 8.08. The molecule has 2 atom stereocenters. The minimum atomic E-state index is 0.171. The van der Waals surface area contributed by atoms with Crippen LogP contribution in [-0.2, 0) is 4.79 Å². The third-order valence-electron chi connectivity index (χ3n) is 3.47. The molecule has 2 aliphatic heterocycles. The summed E-state index contributed by atoms with van der Waals surface area (Å²) in [6.07, 6.45) is 4.80. The fraction of sp³-hybridized carbons (Fsp3) is 0.923. The van der Waals surface area contributed by atoms with E-state index >= 15 is 0 Å². The highest BCUT2D eigenvalue weighted by Crippen LogP contribution is 2.27. The average molecular weight is 256 g/mol. The van der Waals surface area contributed by atoms with Crippen molar-refractivity contribution in [2.75, 3.05) is 5.75 Å². The Balaban J connectivity index is 1.72. The Bertz CT molecular complexity index is 276. The van der Waals surface area contributed by atoms with Crippen molar-refractivity contribution in [3.8, 4) is 0 Å². The van der Waals surface area contributed by atoms with Crippen LogP contribution in [-0.4, -0.2) is 34.5 Å². The summed E-state index contributed by atoms with van der Waals surface area (Å²) in [5.41, 5.74) is 0. The zero-order valence-corrected chi connectivity index (χ0v) is 11.9. The molecule has 2 rings (SSSR count). The van der Waals surface area contributed by atoms with Crippen molar-refractivity contribution in [1.29, 1.82) is 0 Å². The Hall–Kier alpha value is -0.220. The molecule has 2 bridgehead atoms. The normalized spacial score (nSPS) is 32.5. The fourth-order valence-corrected chi connectivity index (χ4v) is 3.37. The molecule has 0 spiro atoms. The molecule has 1 amide bonds. The van der Waals surface area contributed by atoms with Crippen LogP contribution in [0, 0.1) is 0 Å². The van der Waals surface area contributed by atoms with Crippen molar-refractivity contribution in [2.45, 2.75) is 69.3 Å². The Morgan fingerprint density at radius 3 is 2.41 bits per heavy atom. The van der Waals surface area contributed by atoms with Crippen LogP contribution in [0.4, 0.5) is 0 Å². The van der Waals surface area contributed by atoms with Gasteiger partial charge in [-0.1, -0.05) is 20.8 Å². The Kier molecular flexibility index (Phi) is 4.03. The van der Waals surface area contributed by atoms with Gasteiger partial charge in [-0.25, -0.2) is 0 Å². The molecule has 0 radical (unpaired) electrons. The van der Waals surface area contributed by atoms with Crippen LogP contribution < -0.4 is 10.6 Å². The predicted molar refractivity (Wildman–Crippen MR) is 73.3 cm³/mol. The molecule has 0 aromatic rings. The van der Waals surface area contributed by atoms with E-state index in [0.717, 1.165) is 12.8 Å². The van der Waals surface area contributed by atoms with Crippen molar-refractivity contribution in [2.24, 2.45) is 0 Å². The first-order chi connectivity index (χ1) is 7.92. The summed E-state index contributed by atoms with van der Waals surface area (Å²) in [4.78, 5) is 11.8. The minimum absolute atomic E-state index is 0.171. The zero-order chi connectivity index (χ0) is 12.5. The number of amides is 1. The zero-order valence-electron chi connectivity index (χ0n) is 11.1. The van der Waals surface area contributed by atoms with E-state index in [0.29, 0.717) is 23.9 Å². The highest BCUT2D eigenvalue weighted by Gasteiger charge is 2.33. The van der Waals surface area contributed by atoms with Crippen LogP contribution in [0.1, 0.15) is 46.5 Å². The van der Waals surface area contributed by atoms with Crippen molar-refractivity contribution in [1.82, 2.24) is 10.6 Å². The molecule has 98 valence electrons. The van der Waals surface area contributed by atoms with E-state index < -0.39 is 0 Å². The first-order valence-electron chi connectivity index (χ1n) is 6.62. The molecule has 4 heteroatoms. The number of fused-ring (bicyclic) bond motifs is 2. The van der Waals surface area contributed by atoms with Crippen molar-refractivity contribution >= 4 is 17.7 Å². The molecule has 2 saturated heterocycles. The van der Waals surface area contributed by atoms with Gasteiger partial charge in [-0.3, -0.25) is 4.79 Å². The Morgan fingerprint density at radius 1 is 1.29 bits per heavy atom. The second-order valence-electron chi connectivity index (χ2n) is 6.27. The molecule has 2 N–H and O–H groups in total. The summed E-state index contributed by atoms with van der Waals surface area (Å²) in [6, 6.07) is 1.70. The van der Waals surface area contributed by atoms with E-state index in [-0.39, 0.29) is 10.7 Å². The molecule has 2 fully saturated rings. The quantitative estimate of drug-likeness (QED) is 0.810. The van der Waals surface area contributed by atoms with Gasteiger partial charge in [0.25, 0.3) is 0 Å². The van der Waals surface area contributed by atoms with Crippen molar-refractivity contribution < 1.29 is 4.79 Å². The summed E-state index contributed by atoms with van der Waals surface area (Å²) in [5, 5.41) is 6.79. The third kappa shape index (κ3) is 4.18. The van der Waals surface area contributed by atoms with Crippen LogP contribution in [0.5, 0.6) is 0 Å². The second kappa shape index (κ2) is 5.19. The number of piperidine rings is 1. The van der Waals surface area contributed by atoms with Gasteiger partial charge in [0.2, 0.25) is 5.91 Å². The predicted octanol–water partition coefficient (Wildman–Crippen LogP) is 1.92. The average Bonchev–Trinajstić information content (AvgIpc) is 2.54. The molecule has 3 nitrogen and oxygen atoms in total. The van der Waals surface area contributed by atoms with Crippen LogP contribution in [0.2, 0.25) is 0 Å². The molecule has 0 aliphatic carbocycles. The van der Waals surface area contributed by atoms with E-state index in [1.807, 2.05) is 0 Å². The molecule has 2 heterocycles. The fourth-order valence-electron chi connectivity index (χ4n) is 2.73. The van der Waals surface area contributed by atoms with Gasteiger partial charge in [0, 0.05) is 22.9 Å². The van der Waals surface area contributed by atoms with Crippen LogP contribution in [0.25, 0.3) is 0 Å². The topological polar surface area (TPSA) is 41.1 Å². The van der Waals surface area contributed by atoms with Crippen LogP contribution in [0.3, 0.4) is 0 Å². The lowest BCUT2D eigenvalue weighted by atomic mass is 10.00. The van der Waals surface area contributed by atoms with Gasteiger partial charge in [-0.05, 0) is 25.7 Å². The van der Waals surface area contributed by atoms with Crippen LogP contribution in [0.15, 0.2) is 0 Å². The molecular formula is C13H24N2OS. The lowest BCUT2D eigenvalue weighted by Gasteiger charge is -2.30. The Morgan fingerprint density at radius 2 is 1.88 bits per heavy atom. The van der Waals surface area contributed by atoms with Gasteiger partial charge in [-0.2, -0.15) is 0 Å². The minimum Gasteiger partial charge on any atom is -0.353 e. The number of thioether (sulfide) groups is 1. The highest BCUT2D eigenvalue weighted by atomic mass is 32.2. The van der Waals surface area contributed by atoms with Crippen molar-refractivity contribution in [3.05, 3.63) is 0 Å². The SMILES string of the molecule is CC(C)(C)SCC(=O)NC1CC2CCC(C1)N2. The maximum atomic E-state index is 11.8. The number of carbonyl (C=O) groups excluding carboxylic acids is 1. The van der Waals surface area contributed by atoms with E-state index in [2.05, 4.69) is 31.4 Å². The lowest BCUT2D eigenvalue weighted by molar-refractivity contribution is -0.119. The van der Waals surface area contributed by atoms with E-state index in [1.54, 1.807) is 11.8 Å². The van der Waals surface area contributed by atoms with Gasteiger partial charge in [0.15, 0.2) is 0 Å². The van der Waals surface area contributed by atoms with E-state index in [9.17, 15) is 4.79 Å². The summed E-state index contributed by atoms with van der Waals surface area (Å²) < 4.78 is 0.171. The number of hydrogen-bond acceptors (Lipinski definition) is 3. The smallest absolute Gasteiger partial charge is 0.230 e. The van der Waals surface area contributed by atoms with E-state index in [4.69, 9.17) is 0 Å². The number of hydrogen-bond donors (Lipinski definition) is 2.